The predicted molar refractivity (Wildman–Crippen MR) is 85.5 cm³/mol. The normalized spacial score (nSPS) is 25.8. The summed E-state index contributed by atoms with van der Waals surface area (Å²) in [4.78, 5) is 7.29. The van der Waals surface area contributed by atoms with Crippen molar-refractivity contribution >= 4 is 22.4 Å². The molecule has 2 fully saturated rings. The van der Waals surface area contributed by atoms with Gasteiger partial charge in [-0.1, -0.05) is 12.8 Å². The highest BCUT2D eigenvalue weighted by atomic mass is 16.5. The van der Waals surface area contributed by atoms with Crippen molar-refractivity contribution in [1.29, 1.82) is 0 Å². The van der Waals surface area contributed by atoms with Crippen molar-refractivity contribution in [2.24, 2.45) is 0 Å². The summed E-state index contributed by atoms with van der Waals surface area (Å²) in [5.41, 5.74) is 7.64. The first kappa shape index (κ1) is 12.9. The van der Waals surface area contributed by atoms with Crippen LogP contribution in [0.4, 0.5) is 11.5 Å². The first-order valence-electron chi connectivity index (χ1n) is 7.86. The number of rotatable bonds is 1. The average Bonchev–Trinajstić information content (AvgIpc) is 2.54. The van der Waals surface area contributed by atoms with E-state index in [0.29, 0.717) is 12.1 Å². The molecule has 2 aliphatic rings. The van der Waals surface area contributed by atoms with Crippen LogP contribution >= 0.6 is 0 Å². The molecule has 2 N–H and O–H groups in total. The number of hydrogen-bond acceptors (Lipinski definition) is 4. The molecule has 0 amide bonds. The lowest BCUT2D eigenvalue weighted by molar-refractivity contribution is -0.00896. The van der Waals surface area contributed by atoms with Crippen LogP contribution in [0.1, 0.15) is 25.7 Å². The molecule has 1 saturated heterocycles. The summed E-state index contributed by atoms with van der Waals surface area (Å²) >= 11 is 0. The van der Waals surface area contributed by atoms with Gasteiger partial charge in [-0.25, -0.2) is 4.98 Å². The minimum absolute atomic E-state index is 0.386. The van der Waals surface area contributed by atoms with Crippen LogP contribution in [0.15, 0.2) is 30.3 Å². The number of hydrogen-bond donors (Lipinski definition) is 1. The Hall–Kier alpha value is -1.81. The Bertz CT molecular complexity index is 656. The smallest absolute Gasteiger partial charge is 0.129 e. The molecular formula is C17H21N3O. The average molecular weight is 283 g/mol. The van der Waals surface area contributed by atoms with E-state index in [4.69, 9.17) is 15.5 Å². The Kier molecular flexibility index (Phi) is 3.19. The molecule has 1 saturated carbocycles. The molecule has 2 aromatic rings. The van der Waals surface area contributed by atoms with Crippen LogP contribution in [0.2, 0.25) is 0 Å². The summed E-state index contributed by atoms with van der Waals surface area (Å²) < 4.78 is 5.95. The number of anilines is 2. The van der Waals surface area contributed by atoms with Gasteiger partial charge in [-0.2, -0.15) is 0 Å². The molecule has 0 bridgehead atoms. The Morgan fingerprint density at radius 3 is 3.00 bits per heavy atom. The highest BCUT2D eigenvalue weighted by Crippen LogP contribution is 2.32. The molecule has 21 heavy (non-hydrogen) atoms. The molecular weight excluding hydrogens is 262 g/mol. The van der Waals surface area contributed by atoms with E-state index in [0.717, 1.165) is 35.6 Å². The largest absolute Gasteiger partial charge is 0.399 e. The lowest BCUT2D eigenvalue weighted by atomic mass is 9.90. The van der Waals surface area contributed by atoms with Gasteiger partial charge in [0.1, 0.15) is 5.82 Å². The molecule has 1 aromatic heterocycles. The van der Waals surface area contributed by atoms with Crippen LogP contribution in [0, 0.1) is 0 Å². The third-order valence-electron chi connectivity index (χ3n) is 4.72. The van der Waals surface area contributed by atoms with Crippen LogP contribution < -0.4 is 10.6 Å². The zero-order valence-corrected chi connectivity index (χ0v) is 12.2. The van der Waals surface area contributed by atoms with Crippen LogP contribution in [-0.4, -0.2) is 30.3 Å². The number of nitrogens with two attached hydrogens (primary N) is 1. The third kappa shape index (κ3) is 2.33. The molecule has 1 aliphatic heterocycles. The second-order valence-electron chi connectivity index (χ2n) is 6.08. The minimum atomic E-state index is 0.386. The number of morpholine rings is 1. The number of fused-ring (bicyclic) bond motifs is 2. The van der Waals surface area contributed by atoms with Crippen LogP contribution in [0.25, 0.3) is 10.9 Å². The van der Waals surface area contributed by atoms with E-state index in [1.807, 2.05) is 18.2 Å². The van der Waals surface area contributed by atoms with E-state index in [1.165, 1.54) is 25.7 Å². The fourth-order valence-electron chi connectivity index (χ4n) is 3.67. The SMILES string of the molecule is Nc1ccc2nc(N3CCOC4CCCCC43)ccc2c1. The van der Waals surface area contributed by atoms with Crippen molar-refractivity contribution < 1.29 is 4.74 Å². The summed E-state index contributed by atoms with van der Waals surface area (Å²) in [7, 11) is 0. The first-order chi connectivity index (χ1) is 10.3. The highest BCUT2D eigenvalue weighted by Gasteiger charge is 2.34. The molecule has 0 spiro atoms. The van der Waals surface area contributed by atoms with Gasteiger partial charge in [-0.15, -0.1) is 0 Å². The number of aromatic nitrogens is 1. The fraction of sp³-hybridized carbons (Fsp3) is 0.471. The Morgan fingerprint density at radius 1 is 1.14 bits per heavy atom. The van der Waals surface area contributed by atoms with Gasteiger partial charge in [-0.05, 0) is 43.2 Å². The number of benzene rings is 1. The second-order valence-corrected chi connectivity index (χ2v) is 6.08. The van der Waals surface area contributed by atoms with Crippen LogP contribution in [-0.2, 0) is 4.74 Å². The standard InChI is InChI=1S/C17H21N3O/c18-13-6-7-14-12(11-13)5-8-17(19-14)20-9-10-21-16-4-2-1-3-15(16)20/h5-8,11,15-16H,1-4,9-10,18H2. The maximum atomic E-state index is 5.95. The van der Waals surface area contributed by atoms with Crippen LogP contribution in [0.5, 0.6) is 0 Å². The van der Waals surface area contributed by atoms with Crippen molar-refractivity contribution in [2.75, 3.05) is 23.8 Å². The van der Waals surface area contributed by atoms with Gasteiger partial charge in [0.2, 0.25) is 0 Å². The van der Waals surface area contributed by atoms with Gasteiger partial charge in [0.15, 0.2) is 0 Å². The fourth-order valence-corrected chi connectivity index (χ4v) is 3.67. The van der Waals surface area contributed by atoms with Crippen molar-refractivity contribution in [3.8, 4) is 0 Å². The lowest BCUT2D eigenvalue weighted by Crippen LogP contribution is -2.53. The van der Waals surface area contributed by atoms with E-state index in [9.17, 15) is 0 Å². The Balaban J connectivity index is 1.69. The molecule has 4 heteroatoms. The Morgan fingerprint density at radius 2 is 2.05 bits per heavy atom. The third-order valence-corrected chi connectivity index (χ3v) is 4.72. The zero-order chi connectivity index (χ0) is 14.2. The van der Waals surface area contributed by atoms with Crippen molar-refractivity contribution in [1.82, 2.24) is 4.98 Å². The van der Waals surface area contributed by atoms with Crippen LogP contribution in [0.3, 0.4) is 0 Å². The van der Waals surface area contributed by atoms with E-state index in [2.05, 4.69) is 17.0 Å². The molecule has 110 valence electrons. The van der Waals surface area contributed by atoms with Gasteiger partial charge < -0.3 is 15.4 Å². The number of ether oxygens (including phenoxy) is 1. The van der Waals surface area contributed by atoms with Gasteiger partial charge in [0.05, 0.1) is 24.3 Å². The number of nitrogen functional groups attached to an aromatic ring is 1. The van der Waals surface area contributed by atoms with Crippen molar-refractivity contribution in [3.05, 3.63) is 30.3 Å². The second kappa shape index (κ2) is 5.19. The molecule has 4 nitrogen and oxygen atoms in total. The van der Waals surface area contributed by atoms with Gasteiger partial charge in [0, 0.05) is 17.6 Å². The van der Waals surface area contributed by atoms with Crippen molar-refractivity contribution in [2.45, 2.75) is 37.8 Å². The summed E-state index contributed by atoms with van der Waals surface area (Å²) in [6, 6.07) is 10.6. The summed E-state index contributed by atoms with van der Waals surface area (Å²) in [6.07, 6.45) is 5.37. The highest BCUT2D eigenvalue weighted by molar-refractivity contribution is 5.83. The molecule has 1 aromatic carbocycles. The predicted octanol–water partition coefficient (Wildman–Crippen LogP) is 2.96. The maximum absolute atomic E-state index is 5.95. The maximum Gasteiger partial charge on any atom is 0.129 e. The van der Waals surface area contributed by atoms with E-state index >= 15 is 0 Å². The number of pyridine rings is 1. The van der Waals surface area contributed by atoms with Gasteiger partial charge in [0.25, 0.3) is 0 Å². The number of nitrogens with zero attached hydrogens (tertiary/aromatic N) is 2. The van der Waals surface area contributed by atoms with E-state index in [-0.39, 0.29) is 0 Å². The van der Waals surface area contributed by atoms with E-state index < -0.39 is 0 Å². The zero-order valence-electron chi connectivity index (χ0n) is 12.2. The Labute approximate surface area is 124 Å². The first-order valence-corrected chi connectivity index (χ1v) is 7.86. The lowest BCUT2D eigenvalue weighted by Gasteiger charge is -2.44. The molecule has 2 atom stereocenters. The topological polar surface area (TPSA) is 51.4 Å². The van der Waals surface area contributed by atoms with E-state index in [1.54, 1.807) is 0 Å². The summed E-state index contributed by atoms with van der Waals surface area (Å²) in [5.74, 6) is 1.08. The summed E-state index contributed by atoms with van der Waals surface area (Å²) in [6.45, 7) is 1.75. The molecule has 4 rings (SSSR count). The molecule has 1 aliphatic carbocycles. The molecule has 2 unspecified atom stereocenters. The monoisotopic (exact) mass is 283 g/mol. The van der Waals surface area contributed by atoms with Gasteiger partial charge >= 0.3 is 0 Å². The van der Waals surface area contributed by atoms with Crippen molar-refractivity contribution in [3.63, 3.8) is 0 Å². The van der Waals surface area contributed by atoms with Gasteiger partial charge in [-0.3, -0.25) is 0 Å². The summed E-state index contributed by atoms with van der Waals surface area (Å²) in [5, 5.41) is 1.10. The molecule has 0 radical (unpaired) electrons. The quantitative estimate of drug-likeness (QED) is 0.818. The molecule has 2 heterocycles. The minimum Gasteiger partial charge on any atom is -0.399 e.